The first kappa shape index (κ1) is 18.2. The van der Waals surface area contributed by atoms with Gasteiger partial charge in [-0.1, -0.05) is 6.07 Å². The Morgan fingerprint density at radius 3 is 2.26 bits per heavy atom. The summed E-state index contributed by atoms with van der Waals surface area (Å²) in [5.41, 5.74) is 1.56. The zero-order valence-corrected chi connectivity index (χ0v) is 14.5. The van der Waals surface area contributed by atoms with E-state index in [-0.39, 0.29) is 23.1 Å². The molecule has 27 heavy (non-hydrogen) atoms. The number of nitro groups is 1. The van der Waals surface area contributed by atoms with Crippen molar-refractivity contribution in [2.45, 2.75) is 0 Å². The lowest BCUT2D eigenvalue weighted by atomic mass is 10.2. The van der Waals surface area contributed by atoms with Gasteiger partial charge in [0.1, 0.15) is 0 Å². The summed E-state index contributed by atoms with van der Waals surface area (Å²) >= 11 is 0. The molecule has 3 rings (SSSR count). The van der Waals surface area contributed by atoms with Crippen LogP contribution in [0.25, 0.3) is 6.08 Å². The molecule has 2 aromatic carbocycles. The second-order valence-corrected chi connectivity index (χ2v) is 6.17. The number of carbonyl (C=O) groups excluding carboxylic acids is 1. The van der Waals surface area contributed by atoms with Gasteiger partial charge < -0.3 is 20.0 Å². The Morgan fingerprint density at radius 2 is 1.67 bits per heavy atom. The number of nitro benzene ring substituents is 1. The molecule has 1 amide bonds. The van der Waals surface area contributed by atoms with Crippen LogP contribution < -0.4 is 4.90 Å². The summed E-state index contributed by atoms with van der Waals surface area (Å²) in [7, 11) is 0. The number of carbonyl (C=O) groups is 1. The van der Waals surface area contributed by atoms with Gasteiger partial charge in [-0.05, 0) is 35.9 Å². The van der Waals surface area contributed by atoms with E-state index in [0.717, 1.165) is 5.69 Å². The number of rotatable bonds is 4. The molecule has 2 aromatic rings. The van der Waals surface area contributed by atoms with Gasteiger partial charge in [0.05, 0.1) is 4.92 Å². The summed E-state index contributed by atoms with van der Waals surface area (Å²) < 4.78 is 0. The maximum absolute atomic E-state index is 12.3. The number of hydrogen-bond donors (Lipinski definition) is 2. The fourth-order valence-corrected chi connectivity index (χ4v) is 2.89. The van der Waals surface area contributed by atoms with Crippen LogP contribution in [0, 0.1) is 10.1 Å². The summed E-state index contributed by atoms with van der Waals surface area (Å²) in [6.07, 6.45) is 3.03. The number of benzene rings is 2. The molecule has 0 spiro atoms. The van der Waals surface area contributed by atoms with E-state index < -0.39 is 4.92 Å². The third-order valence-corrected chi connectivity index (χ3v) is 4.43. The predicted octanol–water partition coefficient (Wildman–Crippen LogP) is 2.37. The molecule has 0 unspecified atom stereocenters. The fourth-order valence-electron chi connectivity index (χ4n) is 2.89. The highest BCUT2D eigenvalue weighted by Gasteiger charge is 2.20. The molecule has 8 heteroatoms. The molecule has 1 heterocycles. The number of anilines is 1. The molecule has 0 saturated carbocycles. The van der Waals surface area contributed by atoms with Gasteiger partial charge in [0, 0.05) is 50.1 Å². The highest BCUT2D eigenvalue weighted by Crippen LogP contribution is 2.25. The van der Waals surface area contributed by atoms with E-state index in [4.69, 9.17) is 0 Å². The number of phenolic OH excluding ortho intramolecular Hbond substituents is 2. The molecule has 0 radical (unpaired) electrons. The van der Waals surface area contributed by atoms with Crippen LogP contribution in [0.15, 0.2) is 48.5 Å². The van der Waals surface area contributed by atoms with Crippen molar-refractivity contribution < 1.29 is 19.9 Å². The third kappa shape index (κ3) is 4.35. The zero-order chi connectivity index (χ0) is 19.4. The van der Waals surface area contributed by atoms with Crippen molar-refractivity contribution in [2.75, 3.05) is 31.1 Å². The number of non-ortho nitro benzene ring substituents is 1. The fraction of sp³-hybridized carbons (Fsp3) is 0.211. The first-order chi connectivity index (χ1) is 12.9. The number of piperazine rings is 1. The molecule has 1 fully saturated rings. The number of phenols is 2. The van der Waals surface area contributed by atoms with Gasteiger partial charge in [-0.25, -0.2) is 0 Å². The van der Waals surface area contributed by atoms with Crippen LogP contribution in [-0.2, 0) is 4.79 Å². The highest BCUT2D eigenvalue weighted by atomic mass is 16.6. The molecular formula is C19H19N3O5. The minimum Gasteiger partial charge on any atom is -0.504 e. The van der Waals surface area contributed by atoms with Crippen molar-refractivity contribution in [1.82, 2.24) is 4.90 Å². The molecule has 1 aliphatic rings. The van der Waals surface area contributed by atoms with Gasteiger partial charge in [0.25, 0.3) is 5.69 Å². The Hall–Kier alpha value is -3.55. The van der Waals surface area contributed by atoms with Crippen LogP contribution in [-0.4, -0.2) is 52.1 Å². The maximum Gasteiger partial charge on any atom is 0.269 e. The molecule has 0 atom stereocenters. The Labute approximate surface area is 155 Å². The van der Waals surface area contributed by atoms with Gasteiger partial charge in [0.15, 0.2) is 11.5 Å². The Balaban J connectivity index is 1.56. The summed E-state index contributed by atoms with van der Waals surface area (Å²) in [6, 6.07) is 10.7. The summed E-state index contributed by atoms with van der Waals surface area (Å²) in [6.45, 7) is 2.36. The van der Waals surface area contributed by atoms with E-state index in [0.29, 0.717) is 31.7 Å². The van der Waals surface area contributed by atoms with Crippen molar-refractivity contribution in [3.05, 3.63) is 64.2 Å². The van der Waals surface area contributed by atoms with Crippen molar-refractivity contribution >= 4 is 23.4 Å². The van der Waals surface area contributed by atoms with E-state index in [1.807, 2.05) is 0 Å². The molecule has 8 nitrogen and oxygen atoms in total. The lowest BCUT2D eigenvalue weighted by Gasteiger charge is -2.35. The molecule has 0 bridgehead atoms. The van der Waals surface area contributed by atoms with Crippen LogP contribution in [0.2, 0.25) is 0 Å². The van der Waals surface area contributed by atoms with E-state index in [9.17, 15) is 25.1 Å². The lowest BCUT2D eigenvalue weighted by molar-refractivity contribution is -0.384. The molecule has 1 aliphatic heterocycles. The monoisotopic (exact) mass is 369 g/mol. The maximum atomic E-state index is 12.3. The average molecular weight is 369 g/mol. The first-order valence-corrected chi connectivity index (χ1v) is 8.42. The van der Waals surface area contributed by atoms with E-state index in [2.05, 4.69) is 4.90 Å². The summed E-state index contributed by atoms with van der Waals surface area (Å²) in [5.74, 6) is -0.576. The van der Waals surface area contributed by atoms with Crippen LogP contribution in [0.1, 0.15) is 5.56 Å². The number of nitrogens with zero attached hydrogens (tertiary/aromatic N) is 3. The second kappa shape index (κ2) is 7.77. The largest absolute Gasteiger partial charge is 0.504 e. The van der Waals surface area contributed by atoms with Gasteiger partial charge in [-0.2, -0.15) is 0 Å². The van der Waals surface area contributed by atoms with Crippen molar-refractivity contribution in [1.29, 1.82) is 0 Å². The third-order valence-electron chi connectivity index (χ3n) is 4.43. The first-order valence-electron chi connectivity index (χ1n) is 8.42. The Morgan fingerprint density at radius 1 is 1.00 bits per heavy atom. The number of hydrogen-bond acceptors (Lipinski definition) is 6. The quantitative estimate of drug-likeness (QED) is 0.371. The average Bonchev–Trinajstić information content (AvgIpc) is 2.69. The van der Waals surface area contributed by atoms with E-state index in [1.165, 1.54) is 30.3 Å². The number of aromatic hydroxyl groups is 2. The summed E-state index contributed by atoms with van der Waals surface area (Å²) in [5, 5.41) is 29.5. The van der Waals surface area contributed by atoms with E-state index in [1.54, 1.807) is 29.2 Å². The van der Waals surface area contributed by atoms with E-state index >= 15 is 0 Å². The van der Waals surface area contributed by atoms with Gasteiger partial charge in [0.2, 0.25) is 5.91 Å². The predicted molar refractivity (Wildman–Crippen MR) is 101 cm³/mol. The lowest BCUT2D eigenvalue weighted by Crippen LogP contribution is -2.48. The highest BCUT2D eigenvalue weighted by molar-refractivity contribution is 5.92. The van der Waals surface area contributed by atoms with Gasteiger partial charge >= 0.3 is 0 Å². The minimum atomic E-state index is -0.430. The number of amides is 1. The topological polar surface area (TPSA) is 107 Å². The van der Waals surface area contributed by atoms with Crippen molar-refractivity contribution in [3.8, 4) is 11.5 Å². The van der Waals surface area contributed by atoms with Crippen LogP contribution in [0.3, 0.4) is 0 Å². The van der Waals surface area contributed by atoms with Crippen molar-refractivity contribution in [2.24, 2.45) is 0 Å². The Bertz CT molecular complexity index is 871. The minimum absolute atomic E-state index is 0.0537. The van der Waals surface area contributed by atoms with Gasteiger partial charge in [-0.3, -0.25) is 14.9 Å². The zero-order valence-electron chi connectivity index (χ0n) is 14.5. The molecule has 2 N–H and O–H groups in total. The van der Waals surface area contributed by atoms with Crippen LogP contribution in [0.5, 0.6) is 11.5 Å². The SMILES string of the molecule is O=C(/C=C/c1ccc(O)c(O)c1)N1CCN(c2ccc([N+](=O)[O-])cc2)CC1. The molecule has 0 aromatic heterocycles. The van der Waals surface area contributed by atoms with Gasteiger partial charge in [-0.15, -0.1) is 0 Å². The standard InChI is InChI=1S/C19H19N3O5/c23-17-7-1-14(13-18(17)24)2-8-19(25)21-11-9-20(10-12-21)15-3-5-16(6-4-15)22(26)27/h1-8,13,23-24H,9-12H2/b8-2+. The Kier molecular flexibility index (Phi) is 5.25. The summed E-state index contributed by atoms with van der Waals surface area (Å²) in [4.78, 5) is 26.4. The second-order valence-electron chi connectivity index (χ2n) is 6.17. The smallest absolute Gasteiger partial charge is 0.269 e. The molecule has 0 aliphatic carbocycles. The van der Waals surface area contributed by atoms with Crippen molar-refractivity contribution in [3.63, 3.8) is 0 Å². The molecular weight excluding hydrogens is 350 g/mol. The molecule has 140 valence electrons. The normalized spacial score (nSPS) is 14.5. The van der Waals surface area contributed by atoms with Crippen LogP contribution >= 0.6 is 0 Å². The van der Waals surface area contributed by atoms with Crippen LogP contribution in [0.4, 0.5) is 11.4 Å². The molecule has 1 saturated heterocycles.